The van der Waals surface area contributed by atoms with Gasteiger partial charge in [-0.2, -0.15) is 0 Å². The van der Waals surface area contributed by atoms with Crippen molar-refractivity contribution in [3.63, 3.8) is 0 Å². The van der Waals surface area contributed by atoms with Crippen molar-refractivity contribution in [2.24, 2.45) is 0 Å². The Morgan fingerprint density at radius 1 is 1.32 bits per heavy atom. The Morgan fingerprint density at radius 3 is 2.79 bits per heavy atom. The molecule has 0 aliphatic carbocycles. The molecule has 0 aliphatic rings. The van der Waals surface area contributed by atoms with Gasteiger partial charge in [0.1, 0.15) is 0 Å². The Kier molecular flexibility index (Phi) is 4.35. The van der Waals surface area contributed by atoms with E-state index in [1.54, 1.807) is 0 Å². The summed E-state index contributed by atoms with van der Waals surface area (Å²) in [6.07, 6.45) is 0. The lowest BCUT2D eigenvalue weighted by Gasteiger charge is -2.18. The third kappa shape index (κ3) is 3.66. The van der Waals surface area contributed by atoms with Crippen LogP contribution in [-0.4, -0.2) is 36.6 Å². The fourth-order valence-corrected chi connectivity index (χ4v) is 2.22. The molecule has 102 valence electrons. The van der Waals surface area contributed by atoms with Gasteiger partial charge in [-0.1, -0.05) is 18.2 Å². The predicted octanol–water partition coefficient (Wildman–Crippen LogP) is 1.57. The van der Waals surface area contributed by atoms with Crippen LogP contribution in [0, 0.1) is 0 Å². The number of nitrogens with one attached hydrogen (secondary N) is 2. The van der Waals surface area contributed by atoms with Gasteiger partial charge in [0.2, 0.25) is 0 Å². The molecular formula is C15H21N3O. The highest BCUT2D eigenvalue weighted by molar-refractivity contribution is 5.78. The number of pyridine rings is 1. The first-order chi connectivity index (χ1) is 9.06. The van der Waals surface area contributed by atoms with Crippen LogP contribution in [0.2, 0.25) is 0 Å². The van der Waals surface area contributed by atoms with Crippen molar-refractivity contribution in [3.8, 4) is 0 Å². The minimum absolute atomic E-state index is 0.0109. The SMILES string of the molecule is CC(CN(C)C)NCc1cc2ccccc2[nH]c1=O. The maximum Gasteiger partial charge on any atom is 0.252 e. The van der Waals surface area contributed by atoms with Gasteiger partial charge >= 0.3 is 0 Å². The van der Waals surface area contributed by atoms with Gasteiger partial charge in [0.25, 0.3) is 5.56 Å². The summed E-state index contributed by atoms with van der Waals surface area (Å²) >= 11 is 0. The number of aromatic nitrogens is 1. The number of para-hydroxylation sites is 1. The van der Waals surface area contributed by atoms with Gasteiger partial charge < -0.3 is 15.2 Å². The number of hydrogen-bond donors (Lipinski definition) is 2. The zero-order valence-electron chi connectivity index (χ0n) is 11.7. The molecule has 1 aromatic heterocycles. The van der Waals surface area contributed by atoms with Crippen LogP contribution in [-0.2, 0) is 6.54 Å². The zero-order valence-corrected chi connectivity index (χ0v) is 11.7. The van der Waals surface area contributed by atoms with Gasteiger partial charge in [-0.15, -0.1) is 0 Å². The molecule has 2 rings (SSSR count). The van der Waals surface area contributed by atoms with E-state index in [2.05, 4.69) is 22.1 Å². The highest BCUT2D eigenvalue weighted by Crippen LogP contribution is 2.09. The van der Waals surface area contributed by atoms with E-state index >= 15 is 0 Å². The molecule has 2 N–H and O–H groups in total. The van der Waals surface area contributed by atoms with Crippen molar-refractivity contribution in [2.45, 2.75) is 19.5 Å². The number of likely N-dealkylation sites (N-methyl/N-ethyl adjacent to an activating group) is 1. The number of rotatable bonds is 5. The molecule has 1 heterocycles. The summed E-state index contributed by atoms with van der Waals surface area (Å²) in [5.74, 6) is 0. The second-order valence-corrected chi connectivity index (χ2v) is 5.26. The molecule has 0 saturated carbocycles. The van der Waals surface area contributed by atoms with E-state index in [0.717, 1.165) is 23.0 Å². The average Bonchev–Trinajstić information content (AvgIpc) is 2.35. The molecule has 1 aromatic carbocycles. The van der Waals surface area contributed by atoms with E-state index in [9.17, 15) is 4.79 Å². The van der Waals surface area contributed by atoms with Gasteiger partial charge in [-0.3, -0.25) is 4.79 Å². The number of fused-ring (bicyclic) bond motifs is 1. The molecule has 4 nitrogen and oxygen atoms in total. The Bertz CT molecular complexity index is 604. The summed E-state index contributed by atoms with van der Waals surface area (Å²) < 4.78 is 0. The molecule has 0 aliphatic heterocycles. The van der Waals surface area contributed by atoms with Gasteiger partial charge in [0.15, 0.2) is 0 Å². The maximum absolute atomic E-state index is 12.0. The molecule has 0 amide bonds. The number of aromatic amines is 1. The van der Waals surface area contributed by atoms with Crippen molar-refractivity contribution in [1.82, 2.24) is 15.2 Å². The molecule has 1 atom stereocenters. The number of hydrogen-bond acceptors (Lipinski definition) is 3. The monoisotopic (exact) mass is 259 g/mol. The lowest BCUT2D eigenvalue weighted by molar-refractivity contribution is 0.349. The first-order valence-electron chi connectivity index (χ1n) is 6.55. The summed E-state index contributed by atoms with van der Waals surface area (Å²) in [7, 11) is 4.09. The van der Waals surface area contributed by atoms with Gasteiger partial charge in [-0.25, -0.2) is 0 Å². The van der Waals surface area contributed by atoms with Crippen molar-refractivity contribution in [3.05, 3.63) is 46.2 Å². The number of benzene rings is 1. The lowest BCUT2D eigenvalue weighted by Crippen LogP contribution is -2.36. The second-order valence-electron chi connectivity index (χ2n) is 5.26. The van der Waals surface area contributed by atoms with Crippen molar-refractivity contribution >= 4 is 10.9 Å². The second kappa shape index (κ2) is 5.99. The average molecular weight is 259 g/mol. The van der Waals surface area contributed by atoms with Crippen molar-refractivity contribution < 1.29 is 0 Å². The smallest absolute Gasteiger partial charge is 0.252 e. The standard InChI is InChI=1S/C15H21N3O/c1-11(10-18(2)3)16-9-13-8-12-6-4-5-7-14(12)17-15(13)19/h4-8,11,16H,9-10H2,1-3H3,(H,17,19). The predicted molar refractivity (Wildman–Crippen MR) is 79.4 cm³/mol. The third-order valence-corrected chi connectivity index (χ3v) is 3.11. The third-order valence-electron chi connectivity index (χ3n) is 3.11. The lowest BCUT2D eigenvalue weighted by atomic mass is 10.1. The Labute approximate surface area is 113 Å². The van der Waals surface area contributed by atoms with E-state index < -0.39 is 0 Å². The van der Waals surface area contributed by atoms with Crippen LogP contribution < -0.4 is 10.9 Å². The quantitative estimate of drug-likeness (QED) is 0.857. The fourth-order valence-electron chi connectivity index (χ4n) is 2.22. The first-order valence-corrected chi connectivity index (χ1v) is 6.55. The molecule has 2 aromatic rings. The van der Waals surface area contributed by atoms with E-state index in [1.807, 2.05) is 44.4 Å². The first kappa shape index (κ1) is 13.8. The minimum atomic E-state index is -0.0109. The molecule has 0 fully saturated rings. The van der Waals surface area contributed by atoms with Gasteiger partial charge in [0.05, 0.1) is 0 Å². The molecule has 0 spiro atoms. The summed E-state index contributed by atoms with van der Waals surface area (Å²) in [6, 6.07) is 10.1. The van der Waals surface area contributed by atoms with E-state index in [1.165, 1.54) is 0 Å². The summed E-state index contributed by atoms with van der Waals surface area (Å²) in [4.78, 5) is 17.0. The zero-order chi connectivity index (χ0) is 13.8. The molecule has 4 heteroatoms. The van der Waals surface area contributed by atoms with Crippen LogP contribution >= 0.6 is 0 Å². The highest BCUT2D eigenvalue weighted by atomic mass is 16.1. The largest absolute Gasteiger partial charge is 0.322 e. The van der Waals surface area contributed by atoms with E-state index in [-0.39, 0.29) is 5.56 Å². The Morgan fingerprint density at radius 2 is 2.05 bits per heavy atom. The van der Waals surface area contributed by atoms with Gasteiger partial charge in [0, 0.05) is 30.2 Å². The Balaban J connectivity index is 2.12. The van der Waals surface area contributed by atoms with Crippen LogP contribution in [0.4, 0.5) is 0 Å². The summed E-state index contributed by atoms with van der Waals surface area (Å²) in [5.41, 5.74) is 1.66. The van der Waals surface area contributed by atoms with E-state index in [4.69, 9.17) is 0 Å². The molecule has 19 heavy (non-hydrogen) atoms. The van der Waals surface area contributed by atoms with Gasteiger partial charge in [-0.05, 0) is 38.5 Å². The van der Waals surface area contributed by atoms with Crippen LogP contribution in [0.5, 0.6) is 0 Å². The number of H-pyrrole nitrogens is 1. The normalized spacial score (nSPS) is 13.1. The molecule has 0 bridgehead atoms. The summed E-state index contributed by atoms with van der Waals surface area (Å²) in [5, 5.41) is 4.44. The highest BCUT2D eigenvalue weighted by Gasteiger charge is 2.06. The summed E-state index contributed by atoms with van der Waals surface area (Å²) in [6.45, 7) is 3.66. The molecule has 0 radical (unpaired) electrons. The Hall–Kier alpha value is -1.65. The molecule has 0 saturated heterocycles. The maximum atomic E-state index is 12.0. The topological polar surface area (TPSA) is 48.1 Å². The fraction of sp³-hybridized carbons (Fsp3) is 0.400. The molecule has 1 unspecified atom stereocenters. The minimum Gasteiger partial charge on any atom is -0.322 e. The molecular weight excluding hydrogens is 238 g/mol. The van der Waals surface area contributed by atoms with Crippen molar-refractivity contribution in [2.75, 3.05) is 20.6 Å². The van der Waals surface area contributed by atoms with Crippen LogP contribution in [0.3, 0.4) is 0 Å². The van der Waals surface area contributed by atoms with Crippen LogP contribution in [0.25, 0.3) is 10.9 Å². The van der Waals surface area contributed by atoms with Crippen LogP contribution in [0.1, 0.15) is 12.5 Å². The van der Waals surface area contributed by atoms with E-state index in [0.29, 0.717) is 12.6 Å². The number of nitrogens with zero attached hydrogens (tertiary/aromatic N) is 1. The van der Waals surface area contributed by atoms with Crippen molar-refractivity contribution in [1.29, 1.82) is 0 Å². The van der Waals surface area contributed by atoms with Crippen LogP contribution in [0.15, 0.2) is 35.1 Å².